The molecule has 0 saturated carbocycles. The molecule has 1 atom stereocenters. The predicted octanol–water partition coefficient (Wildman–Crippen LogP) is 2.34. The molecule has 0 aliphatic carbocycles. The number of hydrogen-bond donors (Lipinski definition) is 1. The second kappa shape index (κ2) is 12.5. The Balaban J connectivity index is 0.00000361. The van der Waals surface area contributed by atoms with Crippen molar-refractivity contribution in [2.24, 2.45) is 0 Å². The molecule has 0 bridgehead atoms. The van der Waals surface area contributed by atoms with E-state index in [9.17, 15) is 14.7 Å². The minimum absolute atomic E-state index is 0. The van der Waals surface area contributed by atoms with E-state index < -0.39 is 11.9 Å². The molecule has 1 aliphatic heterocycles. The summed E-state index contributed by atoms with van der Waals surface area (Å²) in [4.78, 5) is 24.1. The molecule has 4 rings (SSSR count). The summed E-state index contributed by atoms with van der Waals surface area (Å²) >= 11 is 18.5. The van der Waals surface area contributed by atoms with Crippen molar-refractivity contribution in [3.05, 3.63) is 85.9 Å². The average Bonchev–Trinajstić information content (AvgIpc) is 2.80. The van der Waals surface area contributed by atoms with Crippen molar-refractivity contribution in [3.63, 3.8) is 0 Å². The van der Waals surface area contributed by atoms with E-state index in [2.05, 4.69) is 5.32 Å². The maximum Gasteiger partial charge on any atom is 1.00 e. The van der Waals surface area contributed by atoms with Gasteiger partial charge < -0.3 is 24.7 Å². The Morgan fingerprint density at radius 2 is 1.86 bits per heavy atom. The van der Waals surface area contributed by atoms with E-state index in [1.165, 1.54) is 6.07 Å². The maximum absolute atomic E-state index is 12.7. The summed E-state index contributed by atoms with van der Waals surface area (Å²) in [5.74, 6) is -0.964. The SMILES string of the molecule is Cc1cc(Oc2cc3c(cc2Cl)C(C(=O)[O-])CCO3)ccc1C(=O)NCCc1ccc(Cl)cc1Cl.[Na+]. The number of amides is 1. The molecule has 1 amide bonds. The van der Waals surface area contributed by atoms with Crippen molar-refractivity contribution in [1.82, 2.24) is 5.32 Å². The summed E-state index contributed by atoms with van der Waals surface area (Å²) in [6, 6.07) is 13.4. The number of aliphatic carboxylic acids is 1. The van der Waals surface area contributed by atoms with Gasteiger partial charge in [-0.3, -0.25) is 4.79 Å². The molecule has 6 nitrogen and oxygen atoms in total. The van der Waals surface area contributed by atoms with Crippen LogP contribution in [-0.4, -0.2) is 25.0 Å². The Labute approximate surface area is 246 Å². The van der Waals surface area contributed by atoms with Gasteiger partial charge in [-0.25, -0.2) is 0 Å². The zero-order chi connectivity index (χ0) is 25.1. The minimum atomic E-state index is -1.17. The number of hydrogen-bond acceptors (Lipinski definition) is 5. The number of carbonyl (C=O) groups excluding carboxylic acids is 2. The van der Waals surface area contributed by atoms with Gasteiger partial charge in [0.2, 0.25) is 0 Å². The second-order valence-corrected chi connectivity index (χ2v) is 9.40. The second-order valence-electron chi connectivity index (χ2n) is 8.15. The molecule has 182 valence electrons. The molecule has 0 fully saturated rings. The molecule has 0 radical (unpaired) electrons. The first kappa shape index (κ1) is 28.6. The Hall–Kier alpha value is -1.93. The third-order valence-electron chi connectivity index (χ3n) is 5.75. The van der Waals surface area contributed by atoms with Crippen LogP contribution >= 0.6 is 34.8 Å². The summed E-state index contributed by atoms with van der Waals surface area (Å²) in [6.07, 6.45) is 0.890. The molecule has 1 unspecified atom stereocenters. The molecule has 0 saturated heterocycles. The molecule has 10 heteroatoms. The molecule has 1 heterocycles. The standard InChI is InChI=1S/C26H22Cl3NO5.Na/c1-14-10-17(35-24-13-23-20(12-22(24)29)19(26(32)33)7-9-34-23)4-5-18(14)25(31)30-8-6-15-2-3-16(27)11-21(15)28;/h2-5,10-13,19H,6-9H2,1H3,(H,30,31)(H,32,33);/q;+1/p-1. The Kier molecular flexibility index (Phi) is 9.98. The number of ether oxygens (including phenoxy) is 2. The molecule has 36 heavy (non-hydrogen) atoms. The van der Waals surface area contributed by atoms with Crippen LogP contribution in [0.15, 0.2) is 48.5 Å². The number of nitrogens with one attached hydrogen (secondary N) is 1. The van der Waals surface area contributed by atoms with Gasteiger partial charge in [-0.1, -0.05) is 40.9 Å². The summed E-state index contributed by atoms with van der Waals surface area (Å²) < 4.78 is 11.5. The van der Waals surface area contributed by atoms with Crippen molar-refractivity contribution >= 4 is 46.7 Å². The molecular formula is C26H21Cl3NNaO5. The number of halogens is 3. The zero-order valence-corrected chi connectivity index (χ0v) is 24.0. The van der Waals surface area contributed by atoms with E-state index in [-0.39, 0.29) is 47.1 Å². The quantitative estimate of drug-likeness (QED) is 0.452. The number of aryl methyl sites for hydroxylation is 1. The van der Waals surface area contributed by atoms with Crippen LogP contribution in [0, 0.1) is 6.92 Å². The van der Waals surface area contributed by atoms with Crippen LogP contribution in [0.25, 0.3) is 0 Å². The summed E-state index contributed by atoms with van der Waals surface area (Å²) in [5, 5.41) is 15.7. The van der Waals surface area contributed by atoms with Crippen LogP contribution in [0.1, 0.15) is 39.4 Å². The maximum atomic E-state index is 12.7. The van der Waals surface area contributed by atoms with E-state index in [0.717, 1.165) is 5.56 Å². The number of carboxylic acids is 1. The van der Waals surface area contributed by atoms with Crippen molar-refractivity contribution in [1.29, 1.82) is 0 Å². The number of fused-ring (bicyclic) bond motifs is 1. The summed E-state index contributed by atoms with van der Waals surface area (Å²) in [6.45, 7) is 2.48. The molecular weight excluding hydrogens is 536 g/mol. The van der Waals surface area contributed by atoms with Gasteiger partial charge in [-0.15, -0.1) is 0 Å². The van der Waals surface area contributed by atoms with E-state index in [4.69, 9.17) is 44.3 Å². The van der Waals surface area contributed by atoms with Crippen molar-refractivity contribution < 1.29 is 53.7 Å². The third kappa shape index (κ3) is 6.68. The Bertz CT molecular complexity index is 1300. The Morgan fingerprint density at radius 1 is 1.08 bits per heavy atom. The first-order valence-corrected chi connectivity index (χ1v) is 12.0. The van der Waals surface area contributed by atoms with Crippen molar-refractivity contribution in [2.75, 3.05) is 13.2 Å². The number of rotatable bonds is 7. The van der Waals surface area contributed by atoms with E-state index >= 15 is 0 Å². The fraction of sp³-hybridized carbons (Fsp3) is 0.231. The number of carbonyl (C=O) groups is 2. The van der Waals surface area contributed by atoms with E-state index in [0.29, 0.717) is 63.4 Å². The van der Waals surface area contributed by atoms with Gasteiger partial charge >= 0.3 is 29.6 Å². The van der Waals surface area contributed by atoms with Gasteiger partial charge in [-0.2, -0.15) is 0 Å². The van der Waals surface area contributed by atoms with Crippen LogP contribution in [0.5, 0.6) is 17.2 Å². The van der Waals surface area contributed by atoms with Crippen LogP contribution < -0.4 is 49.5 Å². The smallest absolute Gasteiger partial charge is 0.549 e. The van der Waals surface area contributed by atoms with Gasteiger partial charge in [0.1, 0.15) is 17.2 Å². The number of benzene rings is 3. The molecule has 0 spiro atoms. The van der Waals surface area contributed by atoms with Gasteiger partial charge in [-0.05, 0) is 67.3 Å². The van der Waals surface area contributed by atoms with Crippen LogP contribution in [0.3, 0.4) is 0 Å². The largest absolute Gasteiger partial charge is 1.00 e. The fourth-order valence-corrected chi connectivity index (χ4v) is 4.64. The normalized spacial score (nSPS) is 14.2. The predicted molar refractivity (Wildman–Crippen MR) is 133 cm³/mol. The number of carboxylic acid groups (broad SMARTS) is 1. The Morgan fingerprint density at radius 3 is 2.56 bits per heavy atom. The van der Waals surface area contributed by atoms with Crippen LogP contribution in [0.2, 0.25) is 15.1 Å². The van der Waals surface area contributed by atoms with Crippen LogP contribution in [0.4, 0.5) is 0 Å². The molecule has 3 aromatic carbocycles. The minimum Gasteiger partial charge on any atom is -0.549 e. The first-order chi connectivity index (χ1) is 16.7. The summed E-state index contributed by atoms with van der Waals surface area (Å²) in [7, 11) is 0. The van der Waals surface area contributed by atoms with Crippen molar-refractivity contribution in [2.45, 2.75) is 25.7 Å². The topological polar surface area (TPSA) is 87.7 Å². The van der Waals surface area contributed by atoms with Gasteiger partial charge in [0.15, 0.2) is 0 Å². The molecule has 0 aromatic heterocycles. The van der Waals surface area contributed by atoms with Crippen LogP contribution in [-0.2, 0) is 11.2 Å². The van der Waals surface area contributed by atoms with Crippen molar-refractivity contribution in [3.8, 4) is 17.2 Å². The molecule has 1 N–H and O–H groups in total. The fourth-order valence-electron chi connectivity index (χ4n) is 3.92. The average molecular weight is 557 g/mol. The van der Waals surface area contributed by atoms with Gasteiger partial charge in [0.25, 0.3) is 5.91 Å². The van der Waals surface area contributed by atoms with Gasteiger partial charge in [0, 0.05) is 45.7 Å². The monoisotopic (exact) mass is 555 g/mol. The van der Waals surface area contributed by atoms with E-state index in [1.54, 1.807) is 43.3 Å². The molecule has 1 aliphatic rings. The third-order valence-corrected chi connectivity index (χ3v) is 6.64. The first-order valence-electron chi connectivity index (χ1n) is 10.9. The molecule has 3 aromatic rings. The van der Waals surface area contributed by atoms with E-state index in [1.807, 2.05) is 6.07 Å². The summed E-state index contributed by atoms with van der Waals surface area (Å²) in [5.41, 5.74) is 2.59. The zero-order valence-electron chi connectivity index (χ0n) is 19.7. The van der Waals surface area contributed by atoms with Gasteiger partial charge in [0.05, 0.1) is 11.6 Å².